The van der Waals surface area contributed by atoms with Gasteiger partial charge >= 0.3 is 0 Å². The van der Waals surface area contributed by atoms with Crippen LogP contribution in [0.3, 0.4) is 0 Å². The van der Waals surface area contributed by atoms with Crippen LogP contribution in [0.1, 0.15) is 76.2 Å². The van der Waals surface area contributed by atoms with E-state index in [1.165, 1.54) is 44.2 Å². The predicted octanol–water partition coefficient (Wildman–Crippen LogP) is 7.02. The van der Waals surface area contributed by atoms with E-state index >= 15 is 0 Å². The van der Waals surface area contributed by atoms with Gasteiger partial charge in [0.25, 0.3) is 0 Å². The Morgan fingerprint density at radius 1 is 0.956 bits per heavy atom. The van der Waals surface area contributed by atoms with Crippen molar-refractivity contribution in [2.75, 3.05) is 18.4 Å². The van der Waals surface area contributed by atoms with Crippen LogP contribution in [-0.4, -0.2) is 56.8 Å². The smallest absolute Gasteiger partial charge is 0.240 e. The molecular weight excluding hydrogens is 594 g/mol. The molecule has 1 atom stereocenters. The van der Waals surface area contributed by atoms with Crippen molar-refractivity contribution in [3.05, 3.63) is 77.3 Å². The number of piperidine rings is 1. The van der Waals surface area contributed by atoms with Crippen molar-refractivity contribution in [3.8, 4) is 0 Å². The lowest BCUT2D eigenvalue weighted by molar-refractivity contribution is -0.137. The predicted molar refractivity (Wildman–Crippen MR) is 173 cm³/mol. The molecular formula is C35H45ClF2N6O. The van der Waals surface area contributed by atoms with Gasteiger partial charge in [0.1, 0.15) is 24.3 Å². The van der Waals surface area contributed by atoms with Crippen LogP contribution in [0.25, 0.3) is 0 Å². The average Bonchev–Trinajstić information content (AvgIpc) is 3.57. The summed E-state index contributed by atoms with van der Waals surface area (Å²) in [6, 6.07) is 11.4. The Balaban J connectivity index is 1.11. The third-order valence-electron chi connectivity index (χ3n) is 10.6. The van der Waals surface area contributed by atoms with E-state index in [1.54, 1.807) is 6.33 Å². The van der Waals surface area contributed by atoms with Gasteiger partial charge in [0.15, 0.2) is 0 Å². The Labute approximate surface area is 270 Å². The lowest BCUT2D eigenvalue weighted by Crippen LogP contribution is -2.55. The number of carbonyl (C=O) groups is 1. The first-order valence-corrected chi connectivity index (χ1v) is 17.1. The van der Waals surface area contributed by atoms with Crippen LogP contribution in [0.2, 0.25) is 5.02 Å². The number of likely N-dealkylation sites (tertiary alicyclic amines) is 1. The summed E-state index contributed by atoms with van der Waals surface area (Å²) in [4.78, 5) is 20.5. The van der Waals surface area contributed by atoms with Crippen molar-refractivity contribution in [3.63, 3.8) is 0 Å². The monoisotopic (exact) mass is 638 g/mol. The van der Waals surface area contributed by atoms with Crippen LogP contribution < -0.4 is 10.6 Å². The second kappa shape index (κ2) is 14.6. The molecule has 2 saturated carbocycles. The molecule has 3 fully saturated rings. The van der Waals surface area contributed by atoms with Crippen molar-refractivity contribution < 1.29 is 13.6 Å². The van der Waals surface area contributed by atoms with Gasteiger partial charge in [0.05, 0.1) is 11.7 Å². The Bertz CT molecular complexity index is 1380. The van der Waals surface area contributed by atoms with Gasteiger partial charge < -0.3 is 15.5 Å². The van der Waals surface area contributed by atoms with Crippen LogP contribution in [0.4, 0.5) is 14.5 Å². The van der Waals surface area contributed by atoms with Crippen molar-refractivity contribution in [2.45, 2.75) is 102 Å². The third-order valence-corrected chi connectivity index (χ3v) is 10.8. The molecule has 2 aliphatic carbocycles. The lowest BCUT2D eigenvalue weighted by Gasteiger charge is -2.48. The summed E-state index contributed by atoms with van der Waals surface area (Å²) in [6.07, 6.45) is 15.8. The maximum absolute atomic E-state index is 14.2. The molecule has 1 saturated heterocycles. The lowest BCUT2D eigenvalue weighted by atomic mass is 9.63. The number of nitrogens with zero attached hydrogens (tertiary/aromatic N) is 4. The molecule has 3 aromatic rings. The molecule has 6 rings (SSSR count). The first-order valence-electron chi connectivity index (χ1n) is 16.7. The summed E-state index contributed by atoms with van der Waals surface area (Å²) in [6.45, 7) is 2.37. The fourth-order valence-electron chi connectivity index (χ4n) is 8.03. The normalized spacial score (nSPS) is 23.0. The summed E-state index contributed by atoms with van der Waals surface area (Å²) < 4.78 is 29.6. The van der Waals surface area contributed by atoms with Crippen LogP contribution >= 0.6 is 11.6 Å². The van der Waals surface area contributed by atoms with Crippen LogP contribution in [0.15, 0.2) is 55.1 Å². The zero-order chi connectivity index (χ0) is 31.2. The van der Waals surface area contributed by atoms with E-state index in [4.69, 9.17) is 11.6 Å². The molecule has 1 amide bonds. The number of rotatable bonds is 10. The molecule has 0 radical (unpaired) electrons. The van der Waals surface area contributed by atoms with E-state index in [0.29, 0.717) is 23.0 Å². The highest BCUT2D eigenvalue weighted by molar-refractivity contribution is 6.30. The average molecular weight is 639 g/mol. The first-order chi connectivity index (χ1) is 21.9. The fourth-order valence-corrected chi connectivity index (χ4v) is 8.16. The molecule has 3 aliphatic rings. The quantitative estimate of drug-likeness (QED) is 0.250. The van der Waals surface area contributed by atoms with E-state index in [1.807, 2.05) is 35.3 Å². The highest BCUT2D eigenvalue weighted by Crippen LogP contribution is 2.47. The summed E-state index contributed by atoms with van der Waals surface area (Å²) in [5.74, 6) is -0.329. The molecule has 2 N–H and O–H groups in total. The molecule has 10 heteroatoms. The highest BCUT2D eigenvalue weighted by Gasteiger charge is 2.44. The minimum absolute atomic E-state index is 0.105. The molecule has 1 aromatic heterocycles. The fraction of sp³-hybridized carbons (Fsp3) is 0.571. The molecule has 7 nitrogen and oxygen atoms in total. The maximum Gasteiger partial charge on any atom is 0.240 e. The van der Waals surface area contributed by atoms with Crippen molar-refractivity contribution >= 4 is 23.2 Å². The van der Waals surface area contributed by atoms with E-state index in [2.05, 4.69) is 25.6 Å². The minimum atomic E-state index is -0.578. The second-order valence-corrected chi connectivity index (χ2v) is 13.9. The van der Waals surface area contributed by atoms with Gasteiger partial charge in [-0.1, -0.05) is 43.0 Å². The number of anilines is 1. The molecule has 2 heterocycles. The van der Waals surface area contributed by atoms with Gasteiger partial charge in [-0.2, -0.15) is 5.10 Å². The number of hydrogen-bond acceptors (Lipinski definition) is 5. The first kappa shape index (κ1) is 31.9. The van der Waals surface area contributed by atoms with Crippen LogP contribution in [-0.2, 0) is 17.8 Å². The maximum atomic E-state index is 14.2. The van der Waals surface area contributed by atoms with Gasteiger partial charge in [-0.15, -0.1) is 0 Å². The highest BCUT2D eigenvalue weighted by atomic mass is 35.5. The van der Waals surface area contributed by atoms with Crippen molar-refractivity contribution in [1.29, 1.82) is 0 Å². The van der Waals surface area contributed by atoms with Gasteiger partial charge in [0, 0.05) is 42.8 Å². The van der Waals surface area contributed by atoms with Gasteiger partial charge in [-0.3, -0.25) is 9.48 Å². The Morgan fingerprint density at radius 3 is 2.33 bits per heavy atom. The molecule has 45 heavy (non-hydrogen) atoms. The minimum Gasteiger partial charge on any atom is -0.380 e. The molecule has 0 spiro atoms. The van der Waals surface area contributed by atoms with Crippen molar-refractivity contribution in [1.82, 2.24) is 25.0 Å². The van der Waals surface area contributed by atoms with Crippen molar-refractivity contribution in [2.24, 2.45) is 11.3 Å². The van der Waals surface area contributed by atoms with E-state index in [-0.39, 0.29) is 29.4 Å². The van der Waals surface area contributed by atoms with Crippen LogP contribution in [0, 0.1) is 23.0 Å². The number of amides is 1. The van der Waals surface area contributed by atoms with Gasteiger partial charge in [-0.05, 0) is 98.9 Å². The zero-order valence-electron chi connectivity index (χ0n) is 25.9. The largest absolute Gasteiger partial charge is 0.380 e. The number of hydrogen-bond donors (Lipinski definition) is 2. The van der Waals surface area contributed by atoms with E-state index in [0.717, 1.165) is 69.8 Å². The van der Waals surface area contributed by atoms with Crippen LogP contribution in [0.5, 0.6) is 0 Å². The Kier molecular flexibility index (Phi) is 10.3. The van der Waals surface area contributed by atoms with E-state index in [9.17, 15) is 13.6 Å². The molecule has 0 bridgehead atoms. The molecule has 242 valence electrons. The number of benzene rings is 2. The molecule has 0 unspecified atom stereocenters. The summed E-state index contributed by atoms with van der Waals surface area (Å²) in [5, 5.41) is 12.1. The number of aromatic nitrogens is 3. The zero-order valence-corrected chi connectivity index (χ0v) is 26.7. The third kappa shape index (κ3) is 8.04. The Hall–Kier alpha value is -3.04. The molecule has 2 aromatic carbocycles. The summed E-state index contributed by atoms with van der Waals surface area (Å²) >= 11 is 6.17. The number of nitrogens with one attached hydrogen (secondary N) is 2. The standard InChI is InChI=1S/C35H45ClF2N6O/c36-27-8-6-25(7-9-27)20-33(42-30-13-11-29(12-14-30)41-32-15-10-28(37)21-31(32)38)34(45)43-18-16-35(17-19-43,22-44-24-39-23-40-44)26-4-2-1-3-5-26/h6-10,15,21,23-24,26,29-30,33,41-42H,1-5,11-14,16-20,22H2/t29-,30+,33-/m1/s1. The van der Waals surface area contributed by atoms with Gasteiger partial charge in [-0.25, -0.2) is 13.8 Å². The number of halogens is 3. The molecule has 1 aliphatic heterocycles. The second-order valence-electron chi connectivity index (χ2n) is 13.5. The number of carbonyl (C=O) groups excluding carboxylic acids is 1. The van der Waals surface area contributed by atoms with Gasteiger partial charge in [0.2, 0.25) is 5.91 Å². The topological polar surface area (TPSA) is 75.1 Å². The SMILES string of the molecule is O=C([C@@H](Cc1ccc(Cl)cc1)N[C@H]1CC[C@@H](Nc2ccc(F)cc2F)CC1)N1CCC(Cn2cncn2)(C2CCCCC2)CC1. The Morgan fingerprint density at radius 2 is 1.67 bits per heavy atom. The summed E-state index contributed by atoms with van der Waals surface area (Å²) in [5.41, 5.74) is 1.55. The summed E-state index contributed by atoms with van der Waals surface area (Å²) in [7, 11) is 0. The van der Waals surface area contributed by atoms with E-state index < -0.39 is 11.6 Å².